The largest absolute Gasteiger partial charge is 0.480 e. The molecule has 1 atom stereocenters. The fourth-order valence-electron chi connectivity index (χ4n) is 1.98. The lowest BCUT2D eigenvalue weighted by molar-refractivity contribution is -0.150. The molecule has 1 aliphatic heterocycles. The Kier molecular flexibility index (Phi) is 3.40. The van der Waals surface area contributed by atoms with E-state index in [1.807, 2.05) is 0 Å². The standard InChI is InChI=1S/C12H14FNO3/c13-10-3-1-2-9(6-10)7-12(11(15)16)8-17-5-4-14-12/h1-3,6,14H,4-5,7-8H2,(H,15,16). The van der Waals surface area contributed by atoms with Gasteiger partial charge in [0.1, 0.15) is 11.4 Å². The Morgan fingerprint density at radius 1 is 1.59 bits per heavy atom. The number of nitrogens with one attached hydrogen (secondary N) is 1. The van der Waals surface area contributed by atoms with Crippen LogP contribution in [0.3, 0.4) is 0 Å². The first kappa shape index (κ1) is 12.0. The van der Waals surface area contributed by atoms with Gasteiger partial charge in [0.05, 0.1) is 13.2 Å². The van der Waals surface area contributed by atoms with Gasteiger partial charge in [-0.15, -0.1) is 0 Å². The number of ether oxygens (including phenoxy) is 1. The molecule has 0 aromatic heterocycles. The second kappa shape index (κ2) is 4.81. The van der Waals surface area contributed by atoms with Gasteiger partial charge in [-0.2, -0.15) is 0 Å². The lowest BCUT2D eigenvalue weighted by atomic mass is 9.90. The number of morpholine rings is 1. The molecule has 0 saturated carbocycles. The lowest BCUT2D eigenvalue weighted by Gasteiger charge is -2.34. The van der Waals surface area contributed by atoms with Crippen LogP contribution in [-0.4, -0.2) is 36.4 Å². The van der Waals surface area contributed by atoms with Crippen molar-refractivity contribution in [1.82, 2.24) is 5.32 Å². The Labute approximate surface area is 98.4 Å². The maximum Gasteiger partial charge on any atom is 0.326 e. The van der Waals surface area contributed by atoms with Gasteiger partial charge in [-0.3, -0.25) is 10.1 Å². The van der Waals surface area contributed by atoms with Crippen molar-refractivity contribution in [1.29, 1.82) is 0 Å². The average Bonchev–Trinajstić information content (AvgIpc) is 2.30. The van der Waals surface area contributed by atoms with Crippen molar-refractivity contribution in [2.75, 3.05) is 19.8 Å². The summed E-state index contributed by atoms with van der Waals surface area (Å²) in [5, 5.41) is 12.2. The molecular formula is C12H14FNO3. The van der Waals surface area contributed by atoms with Gasteiger partial charge in [-0.05, 0) is 17.7 Å². The minimum Gasteiger partial charge on any atom is -0.480 e. The predicted molar refractivity (Wildman–Crippen MR) is 59.3 cm³/mol. The number of carboxylic acids is 1. The second-order valence-electron chi connectivity index (χ2n) is 4.17. The zero-order chi connectivity index (χ0) is 12.3. The number of halogens is 1. The van der Waals surface area contributed by atoms with Crippen LogP contribution in [-0.2, 0) is 16.0 Å². The van der Waals surface area contributed by atoms with Crippen LogP contribution in [0.25, 0.3) is 0 Å². The Balaban J connectivity index is 2.20. The smallest absolute Gasteiger partial charge is 0.326 e. The van der Waals surface area contributed by atoms with E-state index < -0.39 is 11.5 Å². The first-order valence-electron chi connectivity index (χ1n) is 5.43. The maximum atomic E-state index is 13.0. The Bertz CT molecular complexity index is 416. The molecule has 1 heterocycles. The van der Waals surface area contributed by atoms with E-state index in [9.17, 15) is 14.3 Å². The molecule has 4 nitrogen and oxygen atoms in total. The molecule has 1 aromatic rings. The molecule has 1 fully saturated rings. The van der Waals surface area contributed by atoms with Gasteiger partial charge < -0.3 is 9.84 Å². The van der Waals surface area contributed by atoms with Gasteiger partial charge in [0.25, 0.3) is 0 Å². The number of hydrogen-bond acceptors (Lipinski definition) is 3. The van der Waals surface area contributed by atoms with E-state index in [1.54, 1.807) is 12.1 Å². The van der Waals surface area contributed by atoms with Crippen LogP contribution in [0, 0.1) is 5.82 Å². The molecule has 17 heavy (non-hydrogen) atoms. The summed E-state index contributed by atoms with van der Waals surface area (Å²) in [7, 11) is 0. The molecule has 0 bridgehead atoms. The molecular weight excluding hydrogens is 225 g/mol. The van der Waals surface area contributed by atoms with E-state index in [-0.39, 0.29) is 18.8 Å². The average molecular weight is 239 g/mol. The van der Waals surface area contributed by atoms with E-state index in [0.29, 0.717) is 18.7 Å². The van der Waals surface area contributed by atoms with Gasteiger partial charge in [-0.1, -0.05) is 12.1 Å². The summed E-state index contributed by atoms with van der Waals surface area (Å²) >= 11 is 0. The van der Waals surface area contributed by atoms with Gasteiger partial charge in [0.2, 0.25) is 0 Å². The van der Waals surface area contributed by atoms with Crippen LogP contribution in [0.2, 0.25) is 0 Å². The number of rotatable bonds is 3. The first-order chi connectivity index (χ1) is 8.12. The Hall–Kier alpha value is -1.46. The molecule has 1 aromatic carbocycles. The van der Waals surface area contributed by atoms with E-state index >= 15 is 0 Å². The van der Waals surface area contributed by atoms with Crippen molar-refractivity contribution >= 4 is 5.97 Å². The quantitative estimate of drug-likeness (QED) is 0.819. The zero-order valence-corrected chi connectivity index (χ0v) is 9.28. The molecule has 0 spiro atoms. The topological polar surface area (TPSA) is 58.6 Å². The number of carboxylic acid groups (broad SMARTS) is 1. The normalized spacial score (nSPS) is 24.5. The number of aliphatic carboxylic acids is 1. The van der Waals surface area contributed by atoms with Crippen LogP contribution in [0.1, 0.15) is 5.56 Å². The van der Waals surface area contributed by atoms with Crippen LogP contribution in [0.15, 0.2) is 24.3 Å². The summed E-state index contributed by atoms with van der Waals surface area (Å²) < 4.78 is 18.3. The molecule has 1 aliphatic rings. The van der Waals surface area contributed by atoms with Gasteiger partial charge in [0.15, 0.2) is 0 Å². The number of hydrogen-bond donors (Lipinski definition) is 2. The molecule has 1 saturated heterocycles. The summed E-state index contributed by atoms with van der Waals surface area (Å²) in [4.78, 5) is 11.3. The number of carbonyl (C=O) groups is 1. The first-order valence-corrected chi connectivity index (χ1v) is 5.43. The minimum absolute atomic E-state index is 0.0961. The monoisotopic (exact) mass is 239 g/mol. The third-order valence-corrected chi connectivity index (χ3v) is 2.86. The number of benzene rings is 1. The fraction of sp³-hybridized carbons (Fsp3) is 0.417. The van der Waals surface area contributed by atoms with Crippen LogP contribution in [0.4, 0.5) is 4.39 Å². The van der Waals surface area contributed by atoms with Crippen molar-refractivity contribution in [2.24, 2.45) is 0 Å². The molecule has 0 amide bonds. The lowest BCUT2D eigenvalue weighted by Crippen LogP contribution is -2.61. The van der Waals surface area contributed by atoms with E-state index in [0.717, 1.165) is 0 Å². The summed E-state index contributed by atoms with van der Waals surface area (Å²) in [6.07, 6.45) is 0.208. The van der Waals surface area contributed by atoms with Crippen LogP contribution in [0.5, 0.6) is 0 Å². The Morgan fingerprint density at radius 2 is 2.41 bits per heavy atom. The van der Waals surface area contributed by atoms with Crippen molar-refractivity contribution in [3.8, 4) is 0 Å². The molecule has 2 rings (SSSR count). The minimum atomic E-state index is -1.15. The van der Waals surface area contributed by atoms with E-state index in [1.165, 1.54) is 12.1 Å². The molecule has 0 aliphatic carbocycles. The van der Waals surface area contributed by atoms with Gasteiger partial charge in [0, 0.05) is 13.0 Å². The highest BCUT2D eigenvalue weighted by Crippen LogP contribution is 2.18. The van der Waals surface area contributed by atoms with Gasteiger partial charge in [-0.25, -0.2) is 4.39 Å². The van der Waals surface area contributed by atoms with Crippen LogP contribution >= 0.6 is 0 Å². The summed E-state index contributed by atoms with van der Waals surface area (Å²) in [6, 6.07) is 5.97. The van der Waals surface area contributed by atoms with Crippen molar-refractivity contribution in [3.05, 3.63) is 35.6 Å². The van der Waals surface area contributed by atoms with Crippen molar-refractivity contribution in [3.63, 3.8) is 0 Å². The van der Waals surface area contributed by atoms with Crippen LogP contribution < -0.4 is 5.32 Å². The predicted octanol–water partition coefficient (Wildman–Crippen LogP) is 0.811. The third-order valence-electron chi connectivity index (χ3n) is 2.86. The fourth-order valence-corrected chi connectivity index (χ4v) is 1.98. The van der Waals surface area contributed by atoms with Crippen molar-refractivity contribution < 1.29 is 19.0 Å². The SMILES string of the molecule is O=C(O)C1(Cc2cccc(F)c2)COCCN1. The summed E-state index contributed by atoms with van der Waals surface area (Å²) in [6.45, 7) is 1.08. The highest BCUT2D eigenvalue weighted by molar-refractivity contribution is 5.79. The highest BCUT2D eigenvalue weighted by Gasteiger charge is 2.40. The summed E-state index contributed by atoms with van der Waals surface area (Å²) in [5.74, 6) is -1.33. The maximum absolute atomic E-state index is 13.0. The molecule has 1 unspecified atom stereocenters. The Morgan fingerprint density at radius 3 is 3.00 bits per heavy atom. The van der Waals surface area contributed by atoms with Gasteiger partial charge >= 0.3 is 5.97 Å². The van der Waals surface area contributed by atoms with Crippen molar-refractivity contribution in [2.45, 2.75) is 12.0 Å². The highest BCUT2D eigenvalue weighted by atomic mass is 19.1. The zero-order valence-electron chi connectivity index (χ0n) is 9.28. The molecule has 0 radical (unpaired) electrons. The van der Waals surface area contributed by atoms with E-state index in [2.05, 4.69) is 5.32 Å². The molecule has 2 N–H and O–H groups in total. The molecule has 92 valence electrons. The molecule has 5 heteroatoms. The summed E-state index contributed by atoms with van der Waals surface area (Å²) in [5.41, 5.74) is -0.503. The van der Waals surface area contributed by atoms with E-state index in [4.69, 9.17) is 4.74 Å². The third kappa shape index (κ3) is 2.62. The second-order valence-corrected chi connectivity index (χ2v) is 4.17.